The molecule has 0 heterocycles. The van der Waals surface area contributed by atoms with Gasteiger partial charge in [0.25, 0.3) is 11.4 Å². The molecule has 0 aromatic heterocycles. The Morgan fingerprint density at radius 1 is 0.826 bits per heavy atom. The van der Waals surface area contributed by atoms with E-state index >= 15 is 0 Å². The summed E-state index contributed by atoms with van der Waals surface area (Å²) in [5.41, 5.74) is -2.56. The maximum atomic E-state index is 11.1. The number of hydrogen-bond donors (Lipinski definition) is 0. The van der Waals surface area contributed by atoms with Crippen LogP contribution in [0.5, 0.6) is 11.5 Å². The zero-order valence-corrected chi connectivity index (χ0v) is 11.8. The second-order valence-electron chi connectivity index (χ2n) is 4.14. The average molecular weight is 340 g/mol. The second kappa shape index (κ2) is 6.23. The number of benzene rings is 2. The molecule has 0 spiro atoms. The van der Waals surface area contributed by atoms with Gasteiger partial charge in [-0.1, -0.05) is 11.6 Å². The summed E-state index contributed by atoms with van der Waals surface area (Å²) >= 11 is 5.69. The van der Waals surface area contributed by atoms with E-state index in [4.69, 9.17) is 16.3 Å². The number of halogens is 1. The summed E-state index contributed by atoms with van der Waals surface area (Å²) in [6.45, 7) is 0. The Labute approximate surface area is 132 Å². The van der Waals surface area contributed by atoms with Gasteiger partial charge in [-0.3, -0.25) is 30.3 Å². The lowest BCUT2D eigenvalue weighted by molar-refractivity contribution is -0.404. The molecule has 23 heavy (non-hydrogen) atoms. The lowest BCUT2D eigenvalue weighted by Crippen LogP contribution is -2.01. The van der Waals surface area contributed by atoms with Crippen molar-refractivity contribution < 1.29 is 19.5 Å². The van der Waals surface area contributed by atoms with Crippen LogP contribution in [0.2, 0.25) is 5.02 Å². The van der Waals surface area contributed by atoms with Crippen LogP contribution in [0.1, 0.15) is 0 Å². The van der Waals surface area contributed by atoms with E-state index in [0.717, 1.165) is 0 Å². The zero-order chi connectivity index (χ0) is 17.1. The summed E-state index contributed by atoms with van der Waals surface area (Å²) in [6.07, 6.45) is 0. The van der Waals surface area contributed by atoms with Crippen molar-refractivity contribution in [3.8, 4) is 11.5 Å². The van der Waals surface area contributed by atoms with E-state index in [0.29, 0.717) is 17.2 Å². The van der Waals surface area contributed by atoms with Crippen LogP contribution in [-0.2, 0) is 0 Å². The molecule has 0 saturated heterocycles. The van der Waals surface area contributed by atoms with Gasteiger partial charge in [0.05, 0.1) is 26.9 Å². The van der Waals surface area contributed by atoms with Gasteiger partial charge < -0.3 is 4.74 Å². The lowest BCUT2D eigenvalue weighted by atomic mass is 10.2. The normalized spacial score (nSPS) is 10.1. The van der Waals surface area contributed by atoms with Crippen molar-refractivity contribution in [2.45, 2.75) is 0 Å². The highest BCUT2D eigenvalue weighted by molar-refractivity contribution is 6.30. The van der Waals surface area contributed by atoms with E-state index in [1.807, 2.05) is 0 Å². The van der Waals surface area contributed by atoms with Crippen LogP contribution >= 0.6 is 11.6 Å². The first kappa shape index (κ1) is 16.1. The van der Waals surface area contributed by atoms with Crippen LogP contribution in [0.25, 0.3) is 0 Å². The van der Waals surface area contributed by atoms with Crippen LogP contribution in [0, 0.1) is 30.3 Å². The van der Waals surface area contributed by atoms with Crippen molar-refractivity contribution in [1.82, 2.24) is 0 Å². The molecular weight excluding hydrogens is 334 g/mol. The number of nitrogens with zero attached hydrogens (tertiary/aromatic N) is 3. The summed E-state index contributed by atoms with van der Waals surface area (Å²) < 4.78 is 5.19. The van der Waals surface area contributed by atoms with Gasteiger partial charge in [-0.2, -0.15) is 0 Å². The molecule has 0 bridgehead atoms. The number of rotatable bonds is 5. The molecule has 0 atom stereocenters. The Hall–Kier alpha value is -3.27. The molecular formula is C12H6ClN3O7. The molecule has 0 amide bonds. The third-order valence-corrected chi connectivity index (χ3v) is 2.92. The highest BCUT2D eigenvalue weighted by atomic mass is 35.5. The Balaban J connectivity index is 2.63. The van der Waals surface area contributed by atoms with Crippen LogP contribution in [0.3, 0.4) is 0 Å². The Morgan fingerprint density at radius 2 is 1.30 bits per heavy atom. The predicted molar refractivity (Wildman–Crippen MR) is 77.9 cm³/mol. The summed E-state index contributed by atoms with van der Waals surface area (Å²) in [4.78, 5) is 30.0. The van der Waals surface area contributed by atoms with E-state index in [1.54, 1.807) is 0 Å². The topological polar surface area (TPSA) is 139 Å². The number of non-ortho nitro benzene ring substituents is 1. The molecule has 0 fully saturated rings. The standard InChI is InChI=1S/C12H6ClN3O7/c13-7-1-3-9(4-2-7)23-12-10(15(19)20)5-8(14(17)18)6-11(12)16(21)22/h1-6H. The van der Waals surface area contributed by atoms with Crippen molar-refractivity contribution in [2.24, 2.45) is 0 Å². The smallest absolute Gasteiger partial charge is 0.325 e. The molecule has 0 aliphatic rings. The number of nitro groups is 3. The molecule has 0 aliphatic heterocycles. The largest absolute Gasteiger partial charge is 0.444 e. The quantitative estimate of drug-likeness (QED) is 0.595. The van der Waals surface area contributed by atoms with E-state index in [1.165, 1.54) is 24.3 Å². The van der Waals surface area contributed by atoms with Gasteiger partial charge in [-0.15, -0.1) is 0 Å². The molecule has 0 saturated carbocycles. The minimum Gasteiger partial charge on any atom is -0.444 e. The highest BCUT2D eigenvalue weighted by Gasteiger charge is 2.32. The highest BCUT2D eigenvalue weighted by Crippen LogP contribution is 2.42. The molecule has 2 rings (SSSR count). The van der Waals surface area contributed by atoms with Crippen molar-refractivity contribution in [2.75, 3.05) is 0 Å². The molecule has 2 aromatic carbocycles. The fourth-order valence-electron chi connectivity index (χ4n) is 1.69. The van der Waals surface area contributed by atoms with Gasteiger partial charge in [0.1, 0.15) is 5.75 Å². The van der Waals surface area contributed by atoms with Gasteiger partial charge in [0, 0.05) is 5.02 Å². The minimum absolute atomic E-state index is 0.0504. The first-order valence-electron chi connectivity index (χ1n) is 5.84. The Bertz CT molecular complexity index is 772. The monoisotopic (exact) mass is 339 g/mol. The van der Waals surface area contributed by atoms with Gasteiger partial charge in [-0.05, 0) is 24.3 Å². The summed E-state index contributed by atoms with van der Waals surface area (Å²) in [5.74, 6) is -0.651. The summed E-state index contributed by atoms with van der Waals surface area (Å²) in [6, 6.07) is 6.71. The summed E-state index contributed by atoms with van der Waals surface area (Å²) in [7, 11) is 0. The van der Waals surface area contributed by atoms with Crippen LogP contribution in [0.15, 0.2) is 36.4 Å². The fourth-order valence-corrected chi connectivity index (χ4v) is 1.81. The van der Waals surface area contributed by atoms with Gasteiger partial charge in [-0.25, -0.2) is 0 Å². The molecule has 0 radical (unpaired) electrons. The van der Waals surface area contributed by atoms with Crippen molar-refractivity contribution in [3.05, 3.63) is 71.8 Å². The minimum atomic E-state index is -0.995. The number of ether oxygens (including phenoxy) is 1. The first-order chi connectivity index (χ1) is 10.8. The molecule has 0 unspecified atom stereocenters. The maximum Gasteiger partial charge on any atom is 0.325 e. The third kappa shape index (κ3) is 3.49. The fraction of sp³-hybridized carbons (Fsp3) is 0. The van der Waals surface area contributed by atoms with E-state index in [-0.39, 0.29) is 5.75 Å². The van der Waals surface area contributed by atoms with Crippen molar-refractivity contribution in [1.29, 1.82) is 0 Å². The average Bonchev–Trinajstić information content (AvgIpc) is 2.48. The summed E-state index contributed by atoms with van der Waals surface area (Å²) in [5, 5.41) is 33.3. The van der Waals surface area contributed by atoms with Crippen LogP contribution < -0.4 is 4.74 Å². The zero-order valence-electron chi connectivity index (χ0n) is 11.0. The van der Waals surface area contributed by atoms with Gasteiger partial charge >= 0.3 is 11.4 Å². The van der Waals surface area contributed by atoms with Crippen LogP contribution in [0.4, 0.5) is 17.1 Å². The maximum absolute atomic E-state index is 11.1. The van der Waals surface area contributed by atoms with E-state index in [2.05, 4.69) is 0 Å². The molecule has 0 N–H and O–H groups in total. The number of hydrogen-bond acceptors (Lipinski definition) is 7. The van der Waals surface area contributed by atoms with E-state index in [9.17, 15) is 30.3 Å². The number of nitro benzene ring substituents is 3. The van der Waals surface area contributed by atoms with Crippen molar-refractivity contribution >= 4 is 28.7 Å². The predicted octanol–water partition coefficient (Wildman–Crippen LogP) is 3.86. The molecule has 0 aliphatic carbocycles. The molecule has 118 valence electrons. The Morgan fingerprint density at radius 3 is 1.70 bits per heavy atom. The van der Waals surface area contributed by atoms with Gasteiger partial charge in [0.15, 0.2) is 0 Å². The first-order valence-corrected chi connectivity index (χ1v) is 6.22. The molecule has 2 aromatic rings. The Kier molecular flexibility index (Phi) is 4.37. The van der Waals surface area contributed by atoms with Gasteiger partial charge in [0.2, 0.25) is 0 Å². The SMILES string of the molecule is O=[N+]([O-])c1cc([N+](=O)[O-])c(Oc2ccc(Cl)cc2)c([N+](=O)[O-])c1. The molecule has 11 heteroatoms. The third-order valence-electron chi connectivity index (χ3n) is 2.67. The van der Waals surface area contributed by atoms with Crippen molar-refractivity contribution in [3.63, 3.8) is 0 Å². The lowest BCUT2D eigenvalue weighted by Gasteiger charge is -2.07. The molecule has 10 nitrogen and oxygen atoms in total. The second-order valence-corrected chi connectivity index (χ2v) is 4.58. The van der Waals surface area contributed by atoms with E-state index < -0.39 is 37.6 Å². The van der Waals surface area contributed by atoms with Crippen LogP contribution in [-0.4, -0.2) is 14.8 Å².